The summed E-state index contributed by atoms with van der Waals surface area (Å²) in [5.74, 6) is -2.01. The van der Waals surface area contributed by atoms with Gasteiger partial charge in [0.25, 0.3) is 0 Å². The Morgan fingerprint density at radius 2 is 1.71 bits per heavy atom. The number of para-hydroxylation sites is 1. The Morgan fingerprint density at radius 3 is 2.21 bits per heavy atom. The molecule has 1 rings (SSSR count). The van der Waals surface area contributed by atoms with Crippen molar-refractivity contribution in [3.05, 3.63) is 29.8 Å². The molecule has 0 bridgehead atoms. The summed E-state index contributed by atoms with van der Waals surface area (Å²) in [6.45, 7) is 6.43. The summed E-state index contributed by atoms with van der Waals surface area (Å²) in [6.07, 6.45) is 3.46. The lowest BCUT2D eigenvalue weighted by molar-refractivity contribution is -0.159. The molecule has 136 valence electrons. The van der Waals surface area contributed by atoms with Crippen LogP contribution in [0.3, 0.4) is 0 Å². The van der Waals surface area contributed by atoms with Crippen molar-refractivity contribution in [2.75, 3.05) is 27.2 Å². The summed E-state index contributed by atoms with van der Waals surface area (Å²) in [7, 11) is 4.22. The fraction of sp³-hybridized carbons (Fsp3) is 0.556. The van der Waals surface area contributed by atoms with E-state index in [1.807, 2.05) is 0 Å². The van der Waals surface area contributed by atoms with Gasteiger partial charge in [-0.3, -0.25) is 0 Å². The van der Waals surface area contributed by atoms with Crippen LogP contribution in [0.1, 0.15) is 44.6 Å². The standard InChI is InChI=1S/C16H27NO.C2H2O4/c1-5-14(2)15-10-6-7-11-16(15)18-13-9-8-12-17(3)4;3-1(4)2(5)6/h6-7,10-11,14H,5,8-9,12-13H2,1-4H3;(H,3,4)(H,5,6). The second-order valence-electron chi connectivity index (χ2n) is 5.82. The summed E-state index contributed by atoms with van der Waals surface area (Å²) in [5.41, 5.74) is 1.34. The monoisotopic (exact) mass is 339 g/mol. The van der Waals surface area contributed by atoms with Crippen LogP contribution >= 0.6 is 0 Å². The van der Waals surface area contributed by atoms with Crippen LogP contribution < -0.4 is 4.74 Å². The SMILES string of the molecule is CCC(C)c1ccccc1OCCCCN(C)C.O=C(O)C(=O)O. The third kappa shape index (κ3) is 9.84. The molecular weight excluding hydrogens is 310 g/mol. The predicted octanol–water partition coefficient (Wildman–Crippen LogP) is 3.08. The zero-order valence-electron chi connectivity index (χ0n) is 15.0. The Balaban J connectivity index is 0.000000754. The van der Waals surface area contributed by atoms with Crippen molar-refractivity contribution >= 4 is 11.9 Å². The highest BCUT2D eigenvalue weighted by molar-refractivity contribution is 6.27. The van der Waals surface area contributed by atoms with E-state index in [-0.39, 0.29) is 0 Å². The maximum atomic E-state index is 9.10. The molecule has 0 heterocycles. The van der Waals surface area contributed by atoms with Crippen molar-refractivity contribution in [3.8, 4) is 5.75 Å². The van der Waals surface area contributed by atoms with Crippen LogP contribution in [0.15, 0.2) is 24.3 Å². The van der Waals surface area contributed by atoms with Crippen molar-refractivity contribution in [1.82, 2.24) is 4.90 Å². The lowest BCUT2D eigenvalue weighted by Gasteiger charge is -2.16. The molecule has 1 atom stereocenters. The van der Waals surface area contributed by atoms with Gasteiger partial charge in [-0.05, 0) is 57.5 Å². The van der Waals surface area contributed by atoms with E-state index in [0.29, 0.717) is 5.92 Å². The first kappa shape index (κ1) is 21.9. The Labute approximate surface area is 144 Å². The number of hydrogen-bond donors (Lipinski definition) is 2. The van der Waals surface area contributed by atoms with E-state index in [1.54, 1.807) is 0 Å². The molecule has 1 unspecified atom stereocenters. The molecule has 1 aromatic rings. The van der Waals surface area contributed by atoms with E-state index >= 15 is 0 Å². The number of aliphatic carboxylic acids is 2. The van der Waals surface area contributed by atoms with Gasteiger partial charge >= 0.3 is 11.9 Å². The van der Waals surface area contributed by atoms with Crippen molar-refractivity contribution in [2.45, 2.75) is 39.0 Å². The molecule has 24 heavy (non-hydrogen) atoms. The Bertz CT molecular complexity index is 490. The zero-order chi connectivity index (χ0) is 18.5. The van der Waals surface area contributed by atoms with Gasteiger partial charge in [0.05, 0.1) is 6.61 Å². The average molecular weight is 339 g/mol. The maximum absolute atomic E-state index is 9.10. The number of ether oxygens (including phenoxy) is 1. The van der Waals surface area contributed by atoms with Crippen molar-refractivity contribution in [3.63, 3.8) is 0 Å². The molecule has 6 nitrogen and oxygen atoms in total. The lowest BCUT2D eigenvalue weighted by atomic mass is 9.98. The number of nitrogens with zero attached hydrogens (tertiary/aromatic N) is 1. The van der Waals surface area contributed by atoms with Gasteiger partial charge in [-0.1, -0.05) is 32.0 Å². The molecule has 0 aliphatic heterocycles. The fourth-order valence-corrected chi connectivity index (χ4v) is 1.95. The van der Waals surface area contributed by atoms with Crippen LogP contribution in [-0.4, -0.2) is 54.3 Å². The van der Waals surface area contributed by atoms with Crippen molar-refractivity contribution in [2.24, 2.45) is 0 Å². The Morgan fingerprint density at radius 1 is 1.12 bits per heavy atom. The normalized spacial score (nSPS) is 11.4. The van der Waals surface area contributed by atoms with Gasteiger partial charge in [-0.25, -0.2) is 9.59 Å². The summed E-state index contributed by atoms with van der Waals surface area (Å²) in [5, 5.41) is 14.8. The number of rotatable bonds is 8. The number of hydrogen-bond acceptors (Lipinski definition) is 4. The van der Waals surface area contributed by atoms with Crippen molar-refractivity contribution in [1.29, 1.82) is 0 Å². The second kappa shape index (κ2) is 12.4. The predicted molar refractivity (Wildman–Crippen MR) is 93.7 cm³/mol. The first-order valence-electron chi connectivity index (χ1n) is 8.12. The van der Waals surface area contributed by atoms with E-state index < -0.39 is 11.9 Å². The van der Waals surface area contributed by atoms with E-state index in [1.165, 1.54) is 12.0 Å². The topological polar surface area (TPSA) is 87.1 Å². The van der Waals surface area contributed by atoms with Gasteiger partial charge in [-0.2, -0.15) is 0 Å². The van der Waals surface area contributed by atoms with Crippen LogP contribution in [0.2, 0.25) is 0 Å². The molecule has 0 amide bonds. The number of carboxylic acid groups (broad SMARTS) is 2. The summed E-state index contributed by atoms with van der Waals surface area (Å²) >= 11 is 0. The quantitative estimate of drug-likeness (QED) is 0.559. The number of unbranched alkanes of at least 4 members (excludes halogenated alkanes) is 1. The molecule has 1 aromatic carbocycles. The van der Waals surface area contributed by atoms with Gasteiger partial charge in [0, 0.05) is 0 Å². The minimum Gasteiger partial charge on any atom is -0.493 e. The van der Waals surface area contributed by atoms with Gasteiger partial charge in [0.2, 0.25) is 0 Å². The van der Waals surface area contributed by atoms with Gasteiger partial charge < -0.3 is 19.8 Å². The van der Waals surface area contributed by atoms with Crippen LogP contribution in [0.25, 0.3) is 0 Å². The largest absolute Gasteiger partial charge is 0.493 e. The van der Waals surface area contributed by atoms with Crippen LogP contribution in [0.4, 0.5) is 0 Å². The molecule has 0 saturated carbocycles. The Kier molecular flexibility index (Phi) is 11.3. The Hall–Kier alpha value is -2.08. The minimum atomic E-state index is -1.82. The van der Waals surface area contributed by atoms with Crippen LogP contribution in [-0.2, 0) is 9.59 Å². The highest BCUT2D eigenvalue weighted by atomic mass is 16.5. The first-order chi connectivity index (χ1) is 11.3. The van der Waals surface area contributed by atoms with Crippen molar-refractivity contribution < 1.29 is 24.5 Å². The van der Waals surface area contributed by atoms with Gasteiger partial charge in [0.1, 0.15) is 5.75 Å². The molecule has 6 heteroatoms. The van der Waals surface area contributed by atoms with Crippen LogP contribution in [0.5, 0.6) is 5.75 Å². The van der Waals surface area contributed by atoms with E-state index in [0.717, 1.165) is 31.7 Å². The number of carboxylic acids is 2. The molecule has 0 fully saturated rings. The highest BCUT2D eigenvalue weighted by Crippen LogP contribution is 2.28. The molecule has 0 aliphatic carbocycles. The maximum Gasteiger partial charge on any atom is 0.414 e. The number of benzene rings is 1. The summed E-state index contributed by atoms with van der Waals surface area (Å²) < 4.78 is 5.92. The minimum absolute atomic E-state index is 0.572. The first-order valence-corrected chi connectivity index (χ1v) is 8.12. The second-order valence-corrected chi connectivity index (χ2v) is 5.82. The third-order valence-corrected chi connectivity index (χ3v) is 3.50. The van der Waals surface area contributed by atoms with Gasteiger partial charge in [0.15, 0.2) is 0 Å². The summed E-state index contributed by atoms with van der Waals surface area (Å²) in [6, 6.07) is 8.43. The zero-order valence-corrected chi connectivity index (χ0v) is 15.0. The molecule has 0 aliphatic rings. The molecular formula is C18H29NO5. The molecule has 2 N–H and O–H groups in total. The van der Waals surface area contributed by atoms with Crippen LogP contribution in [0, 0.1) is 0 Å². The van der Waals surface area contributed by atoms with E-state index in [2.05, 4.69) is 57.1 Å². The molecule has 0 radical (unpaired) electrons. The molecule has 0 aromatic heterocycles. The average Bonchev–Trinajstić information content (AvgIpc) is 2.54. The van der Waals surface area contributed by atoms with E-state index in [4.69, 9.17) is 24.5 Å². The fourth-order valence-electron chi connectivity index (χ4n) is 1.95. The van der Waals surface area contributed by atoms with E-state index in [9.17, 15) is 0 Å². The smallest absolute Gasteiger partial charge is 0.414 e. The highest BCUT2D eigenvalue weighted by Gasteiger charge is 2.09. The third-order valence-electron chi connectivity index (χ3n) is 3.50. The number of carbonyl (C=O) groups is 2. The molecule has 0 saturated heterocycles. The van der Waals surface area contributed by atoms with Gasteiger partial charge in [-0.15, -0.1) is 0 Å². The lowest BCUT2D eigenvalue weighted by Crippen LogP contribution is -2.13. The molecule has 0 spiro atoms. The summed E-state index contributed by atoms with van der Waals surface area (Å²) in [4.78, 5) is 20.4.